The molecule has 0 aliphatic rings. The number of aromatic carboxylic acids is 1. The fraction of sp³-hybridized carbons (Fsp3) is 0.250. The van der Waals surface area contributed by atoms with E-state index in [0.717, 1.165) is 5.69 Å². The smallest absolute Gasteiger partial charge is 0.335 e. The molecule has 0 spiro atoms. The number of pyridine rings is 1. The Hall–Kier alpha value is -2.56. The average Bonchev–Trinajstić information content (AvgIpc) is 2.50. The number of rotatable bonds is 7. The summed E-state index contributed by atoms with van der Waals surface area (Å²) >= 11 is 0. The molecule has 0 aliphatic carbocycles. The minimum Gasteiger partial charge on any atom is -0.490 e. The second-order valence-corrected chi connectivity index (χ2v) is 4.32. The third-order valence-corrected chi connectivity index (χ3v) is 2.83. The first-order chi connectivity index (χ1) is 10.2. The van der Waals surface area contributed by atoms with Crippen molar-refractivity contribution in [2.45, 2.75) is 13.3 Å². The van der Waals surface area contributed by atoms with Gasteiger partial charge >= 0.3 is 5.97 Å². The van der Waals surface area contributed by atoms with E-state index in [0.29, 0.717) is 31.1 Å². The number of ether oxygens (including phenoxy) is 2. The van der Waals surface area contributed by atoms with E-state index in [1.165, 1.54) is 12.1 Å². The SMILES string of the molecule is CCOc1cc(C(=O)O)ccc1OCCc1ccccn1. The predicted octanol–water partition coefficient (Wildman–Crippen LogP) is 2.80. The fourth-order valence-electron chi connectivity index (χ4n) is 1.84. The normalized spacial score (nSPS) is 10.1. The molecule has 2 aromatic rings. The van der Waals surface area contributed by atoms with Gasteiger partial charge in [-0.1, -0.05) is 6.07 Å². The van der Waals surface area contributed by atoms with Crippen molar-refractivity contribution < 1.29 is 19.4 Å². The second-order valence-electron chi connectivity index (χ2n) is 4.32. The van der Waals surface area contributed by atoms with E-state index in [1.807, 2.05) is 25.1 Å². The largest absolute Gasteiger partial charge is 0.490 e. The van der Waals surface area contributed by atoms with Crippen molar-refractivity contribution >= 4 is 5.97 Å². The molecule has 21 heavy (non-hydrogen) atoms. The van der Waals surface area contributed by atoms with Gasteiger partial charge in [0.2, 0.25) is 0 Å². The van der Waals surface area contributed by atoms with Crippen molar-refractivity contribution in [2.24, 2.45) is 0 Å². The Bertz CT molecular complexity index is 598. The molecule has 0 amide bonds. The van der Waals surface area contributed by atoms with Crippen molar-refractivity contribution in [2.75, 3.05) is 13.2 Å². The van der Waals surface area contributed by atoms with Crippen molar-refractivity contribution in [3.63, 3.8) is 0 Å². The molecule has 110 valence electrons. The minimum absolute atomic E-state index is 0.176. The molecule has 0 fully saturated rings. The lowest BCUT2D eigenvalue weighted by Gasteiger charge is -2.12. The summed E-state index contributed by atoms with van der Waals surface area (Å²) in [6.45, 7) is 2.73. The van der Waals surface area contributed by atoms with E-state index in [-0.39, 0.29) is 5.56 Å². The molecule has 2 rings (SSSR count). The zero-order chi connectivity index (χ0) is 15.1. The third kappa shape index (κ3) is 4.21. The molecule has 1 heterocycles. The van der Waals surface area contributed by atoms with E-state index in [9.17, 15) is 4.79 Å². The Balaban J connectivity index is 2.03. The second kappa shape index (κ2) is 7.28. The maximum atomic E-state index is 11.0. The molecule has 0 bridgehead atoms. The quantitative estimate of drug-likeness (QED) is 0.848. The van der Waals surface area contributed by atoms with Gasteiger partial charge in [-0.3, -0.25) is 4.98 Å². The van der Waals surface area contributed by atoms with Crippen LogP contribution in [0.2, 0.25) is 0 Å². The van der Waals surface area contributed by atoms with Gasteiger partial charge < -0.3 is 14.6 Å². The summed E-state index contributed by atoms with van der Waals surface area (Å²) in [5.74, 6) is -0.00723. The predicted molar refractivity (Wildman–Crippen MR) is 78.0 cm³/mol. The van der Waals surface area contributed by atoms with Crippen molar-refractivity contribution in [3.8, 4) is 11.5 Å². The van der Waals surface area contributed by atoms with Gasteiger partial charge in [-0.25, -0.2) is 4.79 Å². The standard InChI is InChI=1S/C16H17NO4/c1-2-20-15-11-12(16(18)19)6-7-14(15)21-10-8-13-5-3-4-9-17-13/h3-7,9,11H,2,8,10H2,1H3,(H,18,19). The summed E-state index contributed by atoms with van der Waals surface area (Å²) in [4.78, 5) is 15.2. The van der Waals surface area contributed by atoms with Crippen LogP contribution in [0.15, 0.2) is 42.6 Å². The molecule has 0 atom stereocenters. The van der Waals surface area contributed by atoms with Crippen LogP contribution in [0, 0.1) is 0 Å². The van der Waals surface area contributed by atoms with Gasteiger partial charge in [-0.05, 0) is 37.3 Å². The van der Waals surface area contributed by atoms with Crippen molar-refractivity contribution in [3.05, 3.63) is 53.9 Å². The first-order valence-electron chi connectivity index (χ1n) is 6.73. The first kappa shape index (κ1) is 14.8. The third-order valence-electron chi connectivity index (χ3n) is 2.83. The first-order valence-corrected chi connectivity index (χ1v) is 6.73. The number of carbonyl (C=O) groups is 1. The van der Waals surface area contributed by atoms with Gasteiger partial charge in [-0.2, -0.15) is 0 Å². The monoisotopic (exact) mass is 287 g/mol. The van der Waals surface area contributed by atoms with Crippen LogP contribution < -0.4 is 9.47 Å². The van der Waals surface area contributed by atoms with Crippen LogP contribution in [0.1, 0.15) is 23.0 Å². The Morgan fingerprint density at radius 1 is 1.19 bits per heavy atom. The number of carboxylic acids is 1. The van der Waals surface area contributed by atoms with Gasteiger partial charge in [0.1, 0.15) is 0 Å². The summed E-state index contributed by atoms with van der Waals surface area (Å²) in [5, 5.41) is 8.99. The average molecular weight is 287 g/mol. The summed E-state index contributed by atoms with van der Waals surface area (Å²) < 4.78 is 11.1. The molecule has 0 saturated carbocycles. The number of aromatic nitrogens is 1. The molecule has 5 heteroatoms. The molecular formula is C16H17NO4. The molecule has 1 aromatic heterocycles. The zero-order valence-electron chi connectivity index (χ0n) is 11.8. The lowest BCUT2D eigenvalue weighted by molar-refractivity contribution is 0.0696. The van der Waals surface area contributed by atoms with Crippen LogP contribution >= 0.6 is 0 Å². The Morgan fingerprint density at radius 2 is 2.05 bits per heavy atom. The van der Waals surface area contributed by atoms with Gasteiger partial charge in [0.25, 0.3) is 0 Å². The lowest BCUT2D eigenvalue weighted by atomic mass is 10.2. The minimum atomic E-state index is -0.990. The molecule has 5 nitrogen and oxygen atoms in total. The Morgan fingerprint density at radius 3 is 2.71 bits per heavy atom. The van der Waals surface area contributed by atoms with Gasteiger partial charge in [-0.15, -0.1) is 0 Å². The van der Waals surface area contributed by atoms with Crippen LogP contribution in [0.3, 0.4) is 0 Å². The zero-order valence-corrected chi connectivity index (χ0v) is 11.8. The highest BCUT2D eigenvalue weighted by Crippen LogP contribution is 2.28. The molecule has 0 radical (unpaired) electrons. The maximum absolute atomic E-state index is 11.0. The summed E-state index contributed by atoms with van der Waals surface area (Å²) in [7, 11) is 0. The van der Waals surface area contributed by atoms with Crippen LogP contribution in [-0.2, 0) is 6.42 Å². The number of hydrogen-bond acceptors (Lipinski definition) is 4. The van der Waals surface area contributed by atoms with E-state index in [2.05, 4.69) is 4.98 Å². The maximum Gasteiger partial charge on any atom is 0.335 e. The summed E-state index contributed by atoms with van der Waals surface area (Å²) in [6.07, 6.45) is 2.41. The van der Waals surface area contributed by atoms with Crippen molar-refractivity contribution in [1.82, 2.24) is 4.98 Å². The number of carboxylic acid groups (broad SMARTS) is 1. The highest BCUT2D eigenvalue weighted by Gasteiger charge is 2.10. The molecule has 0 saturated heterocycles. The van der Waals surface area contributed by atoms with Gasteiger partial charge in [0, 0.05) is 18.3 Å². The van der Waals surface area contributed by atoms with E-state index in [1.54, 1.807) is 12.3 Å². The van der Waals surface area contributed by atoms with E-state index >= 15 is 0 Å². The number of benzene rings is 1. The van der Waals surface area contributed by atoms with Gasteiger partial charge in [0.15, 0.2) is 11.5 Å². The summed E-state index contributed by atoms with van der Waals surface area (Å²) in [6, 6.07) is 10.3. The topological polar surface area (TPSA) is 68.7 Å². The molecule has 0 unspecified atom stereocenters. The van der Waals surface area contributed by atoms with Gasteiger partial charge in [0.05, 0.1) is 18.8 Å². The Kier molecular flexibility index (Phi) is 5.15. The highest BCUT2D eigenvalue weighted by molar-refractivity contribution is 5.88. The highest BCUT2D eigenvalue weighted by atomic mass is 16.5. The van der Waals surface area contributed by atoms with E-state index in [4.69, 9.17) is 14.6 Å². The summed E-state index contributed by atoms with van der Waals surface area (Å²) in [5.41, 5.74) is 1.12. The van der Waals surface area contributed by atoms with Crippen molar-refractivity contribution in [1.29, 1.82) is 0 Å². The van der Waals surface area contributed by atoms with Crippen LogP contribution in [0.4, 0.5) is 0 Å². The van der Waals surface area contributed by atoms with Crippen LogP contribution in [0.25, 0.3) is 0 Å². The number of hydrogen-bond donors (Lipinski definition) is 1. The van der Waals surface area contributed by atoms with Crippen LogP contribution in [0.5, 0.6) is 11.5 Å². The lowest BCUT2D eigenvalue weighted by Crippen LogP contribution is -2.06. The number of nitrogens with zero attached hydrogens (tertiary/aromatic N) is 1. The molecule has 1 aromatic carbocycles. The van der Waals surface area contributed by atoms with Crippen LogP contribution in [-0.4, -0.2) is 29.3 Å². The van der Waals surface area contributed by atoms with E-state index < -0.39 is 5.97 Å². The molecule has 0 aliphatic heterocycles. The fourth-order valence-corrected chi connectivity index (χ4v) is 1.84. The Labute approximate surface area is 123 Å². The molecule has 1 N–H and O–H groups in total. The molecular weight excluding hydrogens is 270 g/mol.